The zero-order valence-corrected chi connectivity index (χ0v) is 7.28. The van der Waals surface area contributed by atoms with Crippen LogP contribution >= 0.6 is 0 Å². The lowest BCUT2D eigenvalue weighted by Gasteiger charge is -1.96. The quantitative estimate of drug-likeness (QED) is 0.629. The Kier molecular flexibility index (Phi) is 1.57. The fraction of sp³-hybridized carbons (Fsp3) is 0.333. The van der Waals surface area contributed by atoms with Crippen molar-refractivity contribution in [3.63, 3.8) is 0 Å². The van der Waals surface area contributed by atoms with Gasteiger partial charge in [0, 0.05) is 12.0 Å². The number of aromatic nitrogens is 3. The van der Waals surface area contributed by atoms with Crippen molar-refractivity contribution in [3.8, 4) is 0 Å². The molecule has 2 aromatic heterocycles. The van der Waals surface area contributed by atoms with Gasteiger partial charge in [-0.05, 0) is 0 Å². The second-order valence-corrected chi connectivity index (χ2v) is 3.21. The first kappa shape index (κ1) is 7.28. The first-order valence-corrected chi connectivity index (χ1v) is 4.11. The van der Waals surface area contributed by atoms with E-state index in [1.54, 1.807) is 6.33 Å². The van der Waals surface area contributed by atoms with Crippen molar-refractivity contribution in [1.82, 2.24) is 9.97 Å². The van der Waals surface area contributed by atoms with Crippen molar-refractivity contribution >= 4 is 5.52 Å². The van der Waals surface area contributed by atoms with Gasteiger partial charge in [0.25, 0.3) is 0 Å². The second kappa shape index (κ2) is 2.59. The molecule has 0 spiro atoms. The minimum absolute atomic E-state index is 0.525. The highest BCUT2D eigenvalue weighted by Gasteiger charge is 2.10. The molecule has 3 heteroatoms. The first-order valence-electron chi connectivity index (χ1n) is 4.11. The molecular formula is C9H12N3+. The third kappa shape index (κ3) is 0.978. The molecule has 0 saturated carbocycles. The Morgan fingerprint density at radius 2 is 2.33 bits per heavy atom. The Morgan fingerprint density at radius 1 is 1.50 bits per heavy atom. The minimum atomic E-state index is 0.525. The summed E-state index contributed by atoms with van der Waals surface area (Å²) in [6, 6.07) is 2.02. The maximum atomic E-state index is 4.03. The van der Waals surface area contributed by atoms with Crippen LogP contribution in [0, 0.1) is 0 Å². The van der Waals surface area contributed by atoms with Crippen LogP contribution in [0.4, 0.5) is 0 Å². The number of nitrogens with zero attached hydrogens (tertiary/aromatic N) is 2. The van der Waals surface area contributed by atoms with E-state index in [4.69, 9.17) is 0 Å². The number of aromatic amines is 1. The average molecular weight is 162 g/mol. The van der Waals surface area contributed by atoms with Gasteiger partial charge in [0.15, 0.2) is 6.33 Å². The molecule has 0 aliphatic heterocycles. The normalized spacial score (nSPS) is 11.2. The lowest BCUT2D eigenvalue weighted by molar-refractivity contribution is -0.515. The van der Waals surface area contributed by atoms with Crippen LogP contribution in [0.25, 0.3) is 5.52 Å². The summed E-state index contributed by atoms with van der Waals surface area (Å²) in [6.07, 6.45) is 5.55. The number of hydrogen-bond acceptors (Lipinski definition) is 1. The van der Waals surface area contributed by atoms with Gasteiger partial charge in [0.05, 0.1) is 0 Å². The molecule has 2 heterocycles. The van der Waals surface area contributed by atoms with Crippen LogP contribution in [-0.2, 0) is 0 Å². The van der Waals surface area contributed by atoms with Gasteiger partial charge >= 0.3 is 0 Å². The molecule has 0 aliphatic carbocycles. The predicted molar refractivity (Wildman–Crippen MR) is 45.8 cm³/mol. The smallest absolute Gasteiger partial charge is 0.230 e. The zero-order chi connectivity index (χ0) is 8.55. The van der Waals surface area contributed by atoms with E-state index in [0.717, 1.165) is 0 Å². The Labute approximate surface area is 71.1 Å². The van der Waals surface area contributed by atoms with Crippen molar-refractivity contribution in [3.05, 3.63) is 30.6 Å². The van der Waals surface area contributed by atoms with Gasteiger partial charge in [0.1, 0.15) is 17.4 Å². The Hall–Kier alpha value is -1.38. The standard InChI is InChI=1S/C9H11N3/c1-7(2)9-8-3-4-10-5-12(8)6-11-9/h3-7H,1-2H3/p+1. The summed E-state index contributed by atoms with van der Waals surface area (Å²) in [5.41, 5.74) is 2.47. The summed E-state index contributed by atoms with van der Waals surface area (Å²) in [6.45, 7) is 4.35. The summed E-state index contributed by atoms with van der Waals surface area (Å²) in [7, 11) is 0. The van der Waals surface area contributed by atoms with Gasteiger partial charge in [-0.2, -0.15) is 0 Å². The monoisotopic (exact) mass is 162 g/mol. The zero-order valence-electron chi connectivity index (χ0n) is 7.28. The van der Waals surface area contributed by atoms with Crippen molar-refractivity contribution in [2.45, 2.75) is 19.8 Å². The number of H-pyrrole nitrogens is 1. The van der Waals surface area contributed by atoms with Crippen LogP contribution < -0.4 is 4.40 Å². The van der Waals surface area contributed by atoms with Crippen LogP contribution in [-0.4, -0.2) is 9.97 Å². The van der Waals surface area contributed by atoms with Crippen molar-refractivity contribution in [2.24, 2.45) is 0 Å². The molecule has 0 saturated heterocycles. The molecule has 0 radical (unpaired) electrons. The maximum Gasteiger partial charge on any atom is 0.230 e. The molecule has 0 unspecified atom stereocenters. The fourth-order valence-electron chi connectivity index (χ4n) is 1.38. The van der Waals surface area contributed by atoms with Gasteiger partial charge in [0.2, 0.25) is 6.33 Å². The Bertz CT molecular complexity index is 389. The highest BCUT2D eigenvalue weighted by atomic mass is 15.0. The summed E-state index contributed by atoms with van der Waals surface area (Å²) >= 11 is 0. The number of nitrogens with one attached hydrogen (secondary N) is 1. The summed E-state index contributed by atoms with van der Waals surface area (Å²) in [5.74, 6) is 0.525. The number of imidazole rings is 1. The number of hydrogen-bond donors (Lipinski definition) is 1. The van der Waals surface area contributed by atoms with Crippen LogP contribution in [0.2, 0.25) is 0 Å². The summed E-state index contributed by atoms with van der Waals surface area (Å²) < 4.78 is 2.00. The van der Waals surface area contributed by atoms with E-state index >= 15 is 0 Å². The molecule has 0 atom stereocenters. The molecule has 12 heavy (non-hydrogen) atoms. The number of fused-ring (bicyclic) bond motifs is 1. The average Bonchev–Trinajstić information content (AvgIpc) is 2.47. The van der Waals surface area contributed by atoms with Gasteiger partial charge in [-0.25, -0.2) is 4.40 Å². The van der Waals surface area contributed by atoms with E-state index in [2.05, 4.69) is 23.8 Å². The lowest BCUT2D eigenvalue weighted by Crippen LogP contribution is -2.17. The summed E-state index contributed by atoms with van der Waals surface area (Å²) in [5, 5.41) is 0. The largest absolute Gasteiger partial charge is 0.280 e. The maximum absolute atomic E-state index is 4.03. The Balaban J connectivity index is 2.70. The molecule has 62 valence electrons. The molecule has 2 rings (SSSR count). The van der Waals surface area contributed by atoms with Crippen LogP contribution in [0.15, 0.2) is 24.9 Å². The molecular weight excluding hydrogens is 150 g/mol. The van der Waals surface area contributed by atoms with E-state index in [1.165, 1.54) is 11.2 Å². The molecule has 2 aromatic rings. The predicted octanol–water partition coefficient (Wildman–Crippen LogP) is 1.27. The second-order valence-electron chi connectivity index (χ2n) is 3.21. The SMILES string of the molecule is CC(C)c1[nH]c[n+]2cnccc12. The first-order chi connectivity index (χ1) is 5.79. The number of rotatable bonds is 1. The van der Waals surface area contributed by atoms with Crippen LogP contribution in [0.5, 0.6) is 0 Å². The van der Waals surface area contributed by atoms with Crippen LogP contribution in [0.1, 0.15) is 25.5 Å². The molecule has 0 fully saturated rings. The van der Waals surface area contributed by atoms with E-state index in [9.17, 15) is 0 Å². The molecule has 3 nitrogen and oxygen atoms in total. The molecule has 0 bridgehead atoms. The van der Waals surface area contributed by atoms with E-state index in [0.29, 0.717) is 5.92 Å². The third-order valence-electron chi connectivity index (χ3n) is 2.00. The van der Waals surface area contributed by atoms with Gasteiger partial charge in [-0.3, -0.25) is 4.98 Å². The van der Waals surface area contributed by atoms with Gasteiger partial charge in [-0.1, -0.05) is 13.8 Å². The van der Waals surface area contributed by atoms with Crippen LogP contribution in [0.3, 0.4) is 0 Å². The third-order valence-corrected chi connectivity index (χ3v) is 2.00. The van der Waals surface area contributed by atoms with E-state index in [-0.39, 0.29) is 0 Å². The molecule has 0 amide bonds. The van der Waals surface area contributed by atoms with Gasteiger partial charge in [-0.15, -0.1) is 4.98 Å². The molecule has 0 aromatic carbocycles. The Morgan fingerprint density at radius 3 is 3.08 bits per heavy atom. The fourth-order valence-corrected chi connectivity index (χ4v) is 1.38. The highest BCUT2D eigenvalue weighted by Crippen LogP contribution is 2.13. The summed E-state index contributed by atoms with van der Waals surface area (Å²) in [4.78, 5) is 7.26. The van der Waals surface area contributed by atoms with Crippen molar-refractivity contribution in [2.75, 3.05) is 0 Å². The van der Waals surface area contributed by atoms with E-state index < -0.39 is 0 Å². The topological polar surface area (TPSA) is 32.8 Å². The van der Waals surface area contributed by atoms with Crippen molar-refractivity contribution in [1.29, 1.82) is 0 Å². The lowest BCUT2D eigenvalue weighted by atomic mass is 10.1. The van der Waals surface area contributed by atoms with Crippen molar-refractivity contribution < 1.29 is 4.40 Å². The van der Waals surface area contributed by atoms with E-state index in [1.807, 2.05) is 23.0 Å². The highest BCUT2D eigenvalue weighted by molar-refractivity contribution is 5.44. The minimum Gasteiger partial charge on any atom is -0.280 e. The van der Waals surface area contributed by atoms with Gasteiger partial charge < -0.3 is 0 Å². The molecule has 1 N–H and O–H groups in total. The molecule has 0 aliphatic rings.